The van der Waals surface area contributed by atoms with Gasteiger partial charge in [-0.05, 0) is 29.1 Å². The van der Waals surface area contributed by atoms with Crippen LogP contribution < -0.4 is 0 Å². The summed E-state index contributed by atoms with van der Waals surface area (Å²) in [6, 6.07) is 10.6. The lowest BCUT2D eigenvalue weighted by Crippen LogP contribution is -2.35. The second-order valence-electron chi connectivity index (χ2n) is 6.42. The van der Waals surface area contributed by atoms with E-state index < -0.39 is 12.1 Å². The van der Waals surface area contributed by atoms with Crippen molar-refractivity contribution in [1.82, 2.24) is 19.9 Å². The van der Waals surface area contributed by atoms with Gasteiger partial charge in [-0.1, -0.05) is 17.3 Å². The van der Waals surface area contributed by atoms with Gasteiger partial charge in [-0.15, -0.1) is 5.10 Å². The van der Waals surface area contributed by atoms with Crippen molar-refractivity contribution in [3.05, 3.63) is 52.9 Å². The van der Waals surface area contributed by atoms with Gasteiger partial charge >= 0.3 is 12.1 Å². The van der Waals surface area contributed by atoms with Crippen LogP contribution in [0, 0.1) is 0 Å². The minimum atomic E-state index is -5.08. The molecule has 1 saturated heterocycles. The van der Waals surface area contributed by atoms with Crippen LogP contribution in [0.5, 0.6) is 0 Å². The molecule has 160 valence electrons. The van der Waals surface area contributed by atoms with Crippen molar-refractivity contribution in [3.63, 3.8) is 0 Å². The third-order valence-electron chi connectivity index (χ3n) is 4.26. The molecule has 2 aromatic heterocycles. The number of aromatic nitrogens is 3. The molecule has 1 aliphatic heterocycles. The van der Waals surface area contributed by atoms with E-state index in [9.17, 15) is 13.2 Å². The van der Waals surface area contributed by atoms with E-state index in [1.165, 1.54) is 5.56 Å². The Morgan fingerprint density at radius 3 is 2.40 bits per heavy atom. The molecule has 1 fully saturated rings. The molecule has 0 spiro atoms. The lowest BCUT2D eigenvalue weighted by Gasteiger charge is -2.26. The van der Waals surface area contributed by atoms with Gasteiger partial charge in [-0.25, -0.2) is 9.48 Å². The molecule has 3 aromatic rings. The van der Waals surface area contributed by atoms with Gasteiger partial charge in [-0.3, -0.25) is 4.90 Å². The van der Waals surface area contributed by atoms with Crippen LogP contribution in [0.15, 0.2) is 47.3 Å². The Morgan fingerprint density at radius 1 is 1.17 bits per heavy atom. The normalized spacial score (nSPS) is 14.8. The molecule has 0 atom stereocenters. The maximum atomic E-state index is 10.6. The molecule has 0 amide bonds. The largest absolute Gasteiger partial charge is 0.490 e. The number of aliphatic carboxylic acids is 1. The van der Waals surface area contributed by atoms with Gasteiger partial charge in [-0.2, -0.15) is 24.5 Å². The molecule has 4 rings (SSSR count). The van der Waals surface area contributed by atoms with Gasteiger partial charge in [0.2, 0.25) is 0 Å². The maximum absolute atomic E-state index is 10.6. The van der Waals surface area contributed by atoms with E-state index >= 15 is 0 Å². The molecule has 1 aromatic carbocycles. The van der Waals surface area contributed by atoms with Gasteiger partial charge in [0, 0.05) is 30.6 Å². The third-order valence-corrected chi connectivity index (χ3v) is 4.95. The minimum absolute atomic E-state index is 0.836. The molecule has 0 aliphatic carbocycles. The fourth-order valence-corrected chi connectivity index (χ4v) is 3.35. The number of hydrogen-bond donors (Lipinski definition) is 1. The van der Waals surface area contributed by atoms with E-state index in [1.54, 1.807) is 11.3 Å². The Bertz CT molecular complexity index is 937. The average Bonchev–Trinajstić information content (AvgIpc) is 3.41. The van der Waals surface area contributed by atoms with Crippen molar-refractivity contribution in [3.8, 4) is 16.9 Å². The molecule has 7 nitrogen and oxygen atoms in total. The van der Waals surface area contributed by atoms with Crippen molar-refractivity contribution in [1.29, 1.82) is 0 Å². The highest BCUT2D eigenvalue weighted by Gasteiger charge is 2.38. The minimum Gasteiger partial charge on any atom is -0.475 e. The van der Waals surface area contributed by atoms with Gasteiger partial charge < -0.3 is 9.84 Å². The quantitative estimate of drug-likeness (QED) is 0.669. The summed E-state index contributed by atoms with van der Waals surface area (Å²) in [6.45, 7) is 4.66. The van der Waals surface area contributed by atoms with E-state index in [2.05, 4.69) is 56.3 Å². The van der Waals surface area contributed by atoms with Gasteiger partial charge in [0.05, 0.1) is 25.1 Å². The molecule has 1 aliphatic rings. The summed E-state index contributed by atoms with van der Waals surface area (Å²) in [7, 11) is 0. The number of nitrogens with zero attached hydrogens (tertiary/aromatic N) is 4. The highest BCUT2D eigenvalue weighted by atomic mass is 32.1. The number of thiophene rings is 1. The summed E-state index contributed by atoms with van der Waals surface area (Å²) in [5.41, 5.74) is 4.37. The van der Waals surface area contributed by atoms with Crippen molar-refractivity contribution in [2.45, 2.75) is 12.7 Å². The third kappa shape index (κ3) is 6.12. The molecular weight excluding hydrogens is 421 g/mol. The van der Waals surface area contributed by atoms with E-state index in [0.717, 1.165) is 49.8 Å². The number of ether oxygens (including phenoxy) is 1. The highest BCUT2D eigenvalue weighted by molar-refractivity contribution is 7.08. The van der Waals surface area contributed by atoms with Crippen LogP contribution in [0.2, 0.25) is 0 Å². The predicted molar refractivity (Wildman–Crippen MR) is 104 cm³/mol. The first-order chi connectivity index (χ1) is 14.3. The fourth-order valence-electron chi connectivity index (χ4n) is 2.70. The van der Waals surface area contributed by atoms with Crippen LogP contribution >= 0.6 is 11.3 Å². The van der Waals surface area contributed by atoms with E-state index in [-0.39, 0.29) is 0 Å². The number of morpholine rings is 1. The van der Waals surface area contributed by atoms with Crippen LogP contribution in [0.3, 0.4) is 0 Å². The Morgan fingerprint density at radius 2 is 1.83 bits per heavy atom. The van der Waals surface area contributed by atoms with Gasteiger partial charge in [0.25, 0.3) is 0 Å². The summed E-state index contributed by atoms with van der Waals surface area (Å²) in [6.07, 6.45) is -3.11. The number of alkyl halides is 3. The van der Waals surface area contributed by atoms with Crippen LogP contribution in [0.25, 0.3) is 16.9 Å². The first-order valence-electron chi connectivity index (χ1n) is 8.97. The summed E-state index contributed by atoms with van der Waals surface area (Å²) >= 11 is 1.67. The number of carboxylic acid groups (broad SMARTS) is 1. The highest BCUT2D eigenvalue weighted by Crippen LogP contribution is 2.20. The molecule has 11 heteroatoms. The van der Waals surface area contributed by atoms with Gasteiger partial charge in [0.1, 0.15) is 5.69 Å². The summed E-state index contributed by atoms with van der Waals surface area (Å²) in [5.74, 6) is -2.76. The zero-order valence-electron chi connectivity index (χ0n) is 15.7. The van der Waals surface area contributed by atoms with E-state index in [4.69, 9.17) is 14.6 Å². The molecule has 0 radical (unpaired) electrons. The van der Waals surface area contributed by atoms with Crippen LogP contribution in [0.1, 0.15) is 5.56 Å². The zero-order chi connectivity index (χ0) is 21.6. The molecule has 0 bridgehead atoms. The molecule has 1 N–H and O–H groups in total. The average molecular weight is 440 g/mol. The lowest BCUT2D eigenvalue weighted by atomic mass is 10.2. The standard InChI is InChI=1S/C17H18N4OS.C2HF3O2/c1-3-16(4-2-14(1)11-20-6-8-22-9-7-20)21-12-17(18-19-21)15-5-10-23-13-15;3-2(4,5)1(6)7/h1-5,10,12-13H,6-9,11H2;(H,6,7). The molecule has 0 saturated carbocycles. The van der Waals surface area contributed by atoms with Crippen molar-refractivity contribution in [2.24, 2.45) is 0 Å². The van der Waals surface area contributed by atoms with Crippen molar-refractivity contribution >= 4 is 17.3 Å². The molecular formula is C19H19F3N4O3S. The summed E-state index contributed by atoms with van der Waals surface area (Å²) in [4.78, 5) is 11.3. The topological polar surface area (TPSA) is 80.5 Å². The Labute approximate surface area is 174 Å². The second-order valence-corrected chi connectivity index (χ2v) is 7.20. The number of carboxylic acids is 1. The Balaban J connectivity index is 0.000000318. The SMILES string of the molecule is O=C(O)C(F)(F)F.c1cc(-c2cn(-c3ccc(CN4CCOCC4)cc3)nn2)cs1. The number of halogens is 3. The predicted octanol–water partition coefficient (Wildman–Crippen LogP) is 3.46. The Kier molecular flexibility index (Phi) is 7.19. The van der Waals surface area contributed by atoms with Crippen LogP contribution in [-0.2, 0) is 16.1 Å². The first-order valence-corrected chi connectivity index (χ1v) is 9.91. The van der Waals surface area contributed by atoms with Crippen molar-refractivity contribution < 1.29 is 27.8 Å². The molecule has 30 heavy (non-hydrogen) atoms. The smallest absolute Gasteiger partial charge is 0.475 e. The van der Waals surface area contributed by atoms with Crippen LogP contribution in [-0.4, -0.2) is 63.4 Å². The fraction of sp³-hybridized carbons (Fsp3) is 0.316. The monoisotopic (exact) mass is 440 g/mol. The molecule has 0 unspecified atom stereocenters. The van der Waals surface area contributed by atoms with Crippen molar-refractivity contribution in [2.75, 3.05) is 26.3 Å². The van der Waals surface area contributed by atoms with Gasteiger partial charge in [0.15, 0.2) is 0 Å². The zero-order valence-corrected chi connectivity index (χ0v) is 16.6. The van der Waals surface area contributed by atoms with E-state index in [1.807, 2.05) is 10.9 Å². The first kappa shape index (κ1) is 21.9. The second kappa shape index (κ2) is 9.83. The van der Waals surface area contributed by atoms with Crippen LogP contribution in [0.4, 0.5) is 13.2 Å². The number of carbonyl (C=O) groups is 1. The Hall–Kier alpha value is -2.76. The van der Waals surface area contributed by atoms with E-state index in [0.29, 0.717) is 0 Å². The number of hydrogen-bond acceptors (Lipinski definition) is 6. The summed E-state index contributed by atoms with van der Waals surface area (Å²) < 4.78 is 38.9. The summed E-state index contributed by atoms with van der Waals surface area (Å²) in [5, 5.41) is 19.7. The lowest BCUT2D eigenvalue weighted by molar-refractivity contribution is -0.192. The number of rotatable bonds is 4. The molecule has 3 heterocycles. The number of benzene rings is 1. The maximum Gasteiger partial charge on any atom is 0.490 e.